The third kappa shape index (κ3) is 2.77. The smallest absolute Gasteiger partial charge is 0.193 e. The van der Waals surface area contributed by atoms with Gasteiger partial charge in [-0.15, -0.1) is 0 Å². The van der Waals surface area contributed by atoms with E-state index in [4.69, 9.17) is 0 Å². The van der Waals surface area contributed by atoms with Gasteiger partial charge >= 0.3 is 0 Å². The monoisotopic (exact) mass is 272 g/mol. The molecule has 0 radical (unpaired) electrons. The number of rotatable bonds is 5. The van der Waals surface area contributed by atoms with Crippen molar-refractivity contribution in [3.05, 3.63) is 70.3 Å². The van der Waals surface area contributed by atoms with E-state index in [9.17, 15) is 20.1 Å². The average molecular weight is 272 g/mol. The molecule has 2 aromatic rings. The summed E-state index contributed by atoms with van der Waals surface area (Å²) in [4.78, 5) is 12.5. The Morgan fingerprint density at radius 3 is 1.85 bits per heavy atom. The second-order valence-corrected chi connectivity index (χ2v) is 4.46. The van der Waals surface area contributed by atoms with Crippen molar-refractivity contribution >= 4 is 5.78 Å². The zero-order valence-corrected chi connectivity index (χ0v) is 10.9. The number of aliphatic hydroxyl groups is 3. The number of hydrogen-bond acceptors (Lipinski definition) is 4. The van der Waals surface area contributed by atoms with E-state index in [-0.39, 0.29) is 25.6 Å². The highest BCUT2D eigenvalue weighted by Crippen LogP contribution is 2.22. The van der Waals surface area contributed by atoms with Gasteiger partial charge in [0.15, 0.2) is 5.78 Å². The third-order valence-electron chi connectivity index (χ3n) is 3.15. The molecule has 0 aromatic heterocycles. The Morgan fingerprint density at radius 2 is 1.40 bits per heavy atom. The van der Waals surface area contributed by atoms with Gasteiger partial charge in [-0.25, -0.2) is 0 Å². The maximum Gasteiger partial charge on any atom is 0.193 e. The second-order valence-electron chi connectivity index (χ2n) is 4.46. The summed E-state index contributed by atoms with van der Waals surface area (Å²) in [5.74, 6) is -0.247. The molecule has 0 saturated carbocycles. The molecule has 20 heavy (non-hydrogen) atoms. The zero-order valence-electron chi connectivity index (χ0n) is 10.9. The predicted octanol–water partition coefficient (Wildman–Crippen LogP) is 1.39. The van der Waals surface area contributed by atoms with Crippen LogP contribution >= 0.6 is 0 Å². The quantitative estimate of drug-likeness (QED) is 0.719. The van der Waals surface area contributed by atoms with E-state index >= 15 is 0 Å². The van der Waals surface area contributed by atoms with Crippen LogP contribution < -0.4 is 0 Å². The highest BCUT2D eigenvalue weighted by molar-refractivity contribution is 6.10. The molecule has 0 spiro atoms. The Kier molecular flexibility index (Phi) is 4.63. The maximum absolute atomic E-state index is 12.5. The summed E-state index contributed by atoms with van der Waals surface area (Å²) in [5.41, 5.74) is 2.18. The lowest BCUT2D eigenvalue weighted by Gasteiger charge is -2.13. The van der Waals surface area contributed by atoms with E-state index in [2.05, 4.69) is 0 Å². The summed E-state index contributed by atoms with van der Waals surface area (Å²) >= 11 is 0. The molecule has 0 saturated heterocycles. The van der Waals surface area contributed by atoms with Crippen LogP contribution in [0.1, 0.15) is 32.6 Å². The van der Waals surface area contributed by atoms with Crippen LogP contribution in [-0.4, -0.2) is 21.1 Å². The van der Waals surface area contributed by atoms with E-state index in [1.807, 2.05) is 6.07 Å². The average Bonchev–Trinajstić information content (AvgIpc) is 2.53. The molecule has 0 atom stereocenters. The van der Waals surface area contributed by atoms with Crippen LogP contribution in [0, 0.1) is 0 Å². The van der Waals surface area contributed by atoms with E-state index in [1.54, 1.807) is 36.4 Å². The molecule has 2 rings (SSSR count). The van der Waals surface area contributed by atoms with E-state index in [1.165, 1.54) is 0 Å². The Hall–Kier alpha value is -2.01. The van der Waals surface area contributed by atoms with Crippen molar-refractivity contribution < 1.29 is 20.1 Å². The molecular formula is C16H16O4. The van der Waals surface area contributed by atoms with Gasteiger partial charge in [-0.1, -0.05) is 42.5 Å². The third-order valence-corrected chi connectivity index (χ3v) is 3.15. The molecule has 3 N–H and O–H groups in total. The topological polar surface area (TPSA) is 77.8 Å². The van der Waals surface area contributed by atoms with Gasteiger partial charge < -0.3 is 15.3 Å². The zero-order chi connectivity index (χ0) is 14.5. The van der Waals surface area contributed by atoms with Crippen LogP contribution in [0.3, 0.4) is 0 Å². The Bertz CT molecular complexity index is 580. The highest BCUT2D eigenvalue weighted by Gasteiger charge is 2.18. The fourth-order valence-electron chi connectivity index (χ4n) is 2.21. The lowest BCUT2D eigenvalue weighted by molar-refractivity contribution is 0.103. The number of hydrogen-bond donors (Lipinski definition) is 3. The molecule has 0 amide bonds. The summed E-state index contributed by atoms with van der Waals surface area (Å²) in [6.07, 6.45) is 0. The lowest BCUT2D eigenvalue weighted by atomic mass is 9.92. The minimum atomic E-state index is -0.325. The minimum Gasteiger partial charge on any atom is -0.392 e. The SMILES string of the molecule is O=C(c1ccccc1)c1c(CO)cc(CO)cc1CO. The number of carbonyl (C=O) groups is 1. The highest BCUT2D eigenvalue weighted by atomic mass is 16.3. The van der Waals surface area contributed by atoms with Gasteiger partial charge in [-0.2, -0.15) is 0 Å². The summed E-state index contributed by atoms with van der Waals surface area (Å²) < 4.78 is 0. The lowest BCUT2D eigenvalue weighted by Crippen LogP contribution is -2.11. The van der Waals surface area contributed by atoms with Crippen molar-refractivity contribution in [2.24, 2.45) is 0 Å². The van der Waals surface area contributed by atoms with Crippen molar-refractivity contribution in [2.75, 3.05) is 0 Å². The van der Waals surface area contributed by atoms with E-state index < -0.39 is 0 Å². The Labute approximate surface area is 116 Å². The van der Waals surface area contributed by atoms with Gasteiger partial charge in [0.1, 0.15) is 0 Å². The van der Waals surface area contributed by atoms with Crippen molar-refractivity contribution in [1.29, 1.82) is 0 Å². The second kappa shape index (κ2) is 6.43. The van der Waals surface area contributed by atoms with Crippen LogP contribution in [0.2, 0.25) is 0 Å². The fourth-order valence-corrected chi connectivity index (χ4v) is 2.21. The normalized spacial score (nSPS) is 10.6. The van der Waals surface area contributed by atoms with Crippen molar-refractivity contribution in [1.82, 2.24) is 0 Å². The molecule has 0 aliphatic rings. The van der Waals surface area contributed by atoms with Gasteiger partial charge in [0.2, 0.25) is 0 Å². The largest absolute Gasteiger partial charge is 0.392 e. The van der Waals surface area contributed by atoms with Crippen LogP contribution in [-0.2, 0) is 19.8 Å². The number of carbonyl (C=O) groups excluding carboxylic acids is 1. The molecule has 4 nitrogen and oxygen atoms in total. The van der Waals surface area contributed by atoms with E-state index in [0.29, 0.717) is 27.8 Å². The van der Waals surface area contributed by atoms with Gasteiger partial charge in [0, 0.05) is 11.1 Å². The summed E-state index contributed by atoms with van der Waals surface area (Å²) in [6, 6.07) is 11.9. The molecule has 0 unspecified atom stereocenters. The molecule has 0 bridgehead atoms. The van der Waals surface area contributed by atoms with Crippen LogP contribution in [0.5, 0.6) is 0 Å². The summed E-state index contributed by atoms with van der Waals surface area (Å²) in [5, 5.41) is 28.1. The first-order chi connectivity index (χ1) is 9.71. The van der Waals surface area contributed by atoms with Crippen molar-refractivity contribution in [3.8, 4) is 0 Å². The molecule has 0 aliphatic carbocycles. The number of benzene rings is 2. The first-order valence-corrected chi connectivity index (χ1v) is 6.28. The molecule has 104 valence electrons. The molecule has 0 heterocycles. The molecule has 2 aromatic carbocycles. The molecule has 4 heteroatoms. The van der Waals surface area contributed by atoms with Gasteiger partial charge in [0.05, 0.1) is 19.8 Å². The van der Waals surface area contributed by atoms with Gasteiger partial charge in [0.25, 0.3) is 0 Å². The summed E-state index contributed by atoms with van der Waals surface area (Å²) in [6.45, 7) is -0.858. The molecular weight excluding hydrogens is 256 g/mol. The van der Waals surface area contributed by atoms with E-state index in [0.717, 1.165) is 0 Å². The van der Waals surface area contributed by atoms with Crippen LogP contribution in [0.15, 0.2) is 42.5 Å². The molecule has 0 aliphatic heterocycles. The number of ketones is 1. The van der Waals surface area contributed by atoms with Gasteiger partial charge in [-0.05, 0) is 16.7 Å². The van der Waals surface area contributed by atoms with Crippen molar-refractivity contribution in [3.63, 3.8) is 0 Å². The predicted molar refractivity (Wildman–Crippen MR) is 74.1 cm³/mol. The van der Waals surface area contributed by atoms with Gasteiger partial charge in [-0.3, -0.25) is 4.79 Å². The minimum absolute atomic E-state index is 0.209. The standard InChI is InChI=1S/C16H16O4/c17-8-11-6-13(9-18)15(14(7-11)10-19)16(20)12-4-2-1-3-5-12/h1-7,17-19H,8-10H2. The Morgan fingerprint density at radius 1 is 0.850 bits per heavy atom. The summed E-state index contributed by atoms with van der Waals surface area (Å²) in [7, 11) is 0. The van der Waals surface area contributed by atoms with Crippen molar-refractivity contribution in [2.45, 2.75) is 19.8 Å². The Balaban J connectivity index is 2.57. The fraction of sp³-hybridized carbons (Fsp3) is 0.188. The molecule has 0 fully saturated rings. The van der Waals surface area contributed by atoms with Crippen LogP contribution in [0.25, 0.3) is 0 Å². The first-order valence-electron chi connectivity index (χ1n) is 6.28. The number of aliphatic hydroxyl groups excluding tert-OH is 3. The first kappa shape index (κ1) is 14.4. The maximum atomic E-state index is 12.5. The van der Waals surface area contributed by atoms with Crippen LogP contribution in [0.4, 0.5) is 0 Å².